The molecule has 0 unspecified atom stereocenters. The highest BCUT2D eigenvalue weighted by Crippen LogP contribution is 2.37. The lowest BCUT2D eigenvalue weighted by atomic mass is 10.2. The van der Waals surface area contributed by atoms with Crippen LogP contribution in [-0.4, -0.2) is 49.8 Å². The van der Waals surface area contributed by atoms with Gasteiger partial charge in [-0.1, -0.05) is 23.2 Å². The number of hydrogen-bond acceptors (Lipinski definition) is 6. The first-order valence-electron chi connectivity index (χ1n) is 6.70. The van der Waals surface area contributed by atoms with E-state index in [0.29, 0.717) is 15.6 Å². The van der Waals surface area contributed by atoms with Crippen molar-refractivity contribution in [1.29, 1.82) is 0 Å². The van der Waals surface area contributed by atoms with E-state index in [4.69, 9.17) is 27.9 Å². The predicted molar refractivity (Wildman–Crippen MR) is 95.7 cm³/mol. The molecule has 0 aliphatic carbocycles. The smallest absolute Gasteiger partial charge is 0.343 e. The van der Waals surface area contributed by atoms with Gasteiger partial charge in [-0.2, -0.15) is 0 Å². The normalized spacial score (nSPS) is 17.7. The number of amidine groups is 1. The summed E-state index contributed by atoms with van der Waals surface area (Å²) in [5, 5.41) is 1.07. The lowest BCUT2D eigenvalue weighted by Gasteiger charge is -2.10. The Morgan fingerprint density at radius 1 is 1.38 bits per heavy atom. The molecule has 128 valence electrons. The van der Waals surface area contributed by atoms with Crippen molar-refractivity contribution in [2.24, 2.45) is 4.99 Å². The average molecular weight is 389 g/mol. The number of amides is 1. The first kappa shape index (κ1) is 18.6. The molecule has 1 amide bonds. The van der Waals surface area contributed by atoms with Gasteiger partial charge in [0.15, 0.2) is 17.5 Å². The molecule has 2 rings (SSSR count). The van der Waals surface area contributed by atoms with Gasteiger partial charge in [-0.3, -0.25) is 14.7 Å². The number of rotatable bonds is 4. The number of nitrogens with zero attached hydrogens (tertiary/aromatic N) is 2. The van der Waals surface area contributed by atoms with Gasteiger partial charge in [-0.25, -0.2) is 4.79 Å². The molecular weight excluding hydrogens is 375 g/mol. The molecule has 0 N–H and O–H groups in total. The fraction of sp³-hybridized carbons (Fsp3) is 0.267. The average Bonchev–Trinajstić information content (AvgIpc) is 2.81. The van der Waals surface area contributed by atoms with Crippen LogP contribution < -0.4 is 4.74 Å². The third-order valence-corrected chi connectivity index (χ3v) is 4.79. The lowest BCUT2D eigenvalue weighted by Crippen LogP contribution is -2.23. The maximum absolute atomic E-state index is 12.1. The second-order valence-corrected chi connectivity index (χ2v) is 6.48. The summed E-state index contributed by atoms with van der Waals surface area (Å²) < 4.78 is 9.75. The summed E-state index contributed by atoms with van der Waals surface area (Å²) >= 11 is 13.6. The zero-order valence-corrected chi connectivity index (χ0v) is 15.5. The Labute approximate surface area is 153 Å². The van der Waals surface area contributed by atoms with Crippen molar-refractivity contribution in [3.63, 3.8) is 0 Å². The van der Waals surface area contributed by atoms with E-state index in [1.54, 1.807) is 32.3 Å². The number of likely N-dealkylation sites (N-methyl/N-ethyl adjacent to an activating group) is 1. The number of thioether (sulfide) groups is 1. The van der Waals surface area contributed by atoms with Gasteiger partial charge in [0.05, 0.1) is 22.1 Å². The molecule has 0 atom stereocenters. The van der Waals surface area contributed by atoms with Gasteiger partial charge in [0.1, 0.15) is 0 Å². The Morgan fingerprint density at radius 3 is 2.50 bits per heavy atom. The summed E-state index contributed by atoms with van der Waals surface area (Å²) in [6, 6.07) is 3.20. The molecule has 1 aliphatic rings. The van der Waals surface area contributed by atoms with Crippen molar-refractivity contribution in [1.82, 2.24) is 4.90 Å². The van der Waals surface area contributed by atoms with Gasteiger partial charge >= 0.3 is 5.97 Å². The van der Waals surface area contributed by atoms with Crippen LogP contribution in [0.1, 0.15) is 5.56 Å². The van der Waals surface area contributed by atoms with Crippen molar-refractivity contribution in [3.8, 4) is 5.75 Å². The molecule has 1 aliphatic heterocycles. The number of ether oxygens (including phenoxy) is 2. The fourth-order valence-corrected chi connectivity index (χ4v) is 3.43. The molecule has 1 fully saturated rings. The Bertz CT molecular complexity index is 726. The highest BCUT2D eigenvalue weighted by molar-refractivity contribution is 8.18. The highest BCUT2D eigenvalue weighted by atomic mass is 35.5. The molecule has 0 saturated carbocycles. The molecule has 1 saturated heterocycles. The molecule has 1 heterocycles. The number of halogens is 2. The van der Waals surface area contributed by atoms with Crippen LogP contribution in [0.15, 0.2) is 22.0 Å². The number of aliphatic imine (C=N–C) groups is 1. The second-order valence-electron chi connectivity index (χ2n) is 4.66. The van der Waals surface area contributed by atoms with Gasteiger partial charge in [-0.15, -0.1) is 0 Å². The van der Waals surface area contributed by atoms with Crippen LogP contribution in [-0.2, 0) is 14.3 Å². The summed E-state index contributed by atoms with van der Waals surface area (Å²) in [5.41, 5.74) is 0.636. The number of methoxy groups -OCH3 is 1. The highest BCUT2D eigenvalue weighted by Gasteiger charge is 2.29. The summed E-state index contributed by atoms with van der Waals surface area (Å²) in [7, 11) is 4.53. The topological polar surface area (TPSA) is 68.2 Å². The molecule has 0 spiro atoms. The fourth-order valence-electron chi connectivity index (χ4n) is 1.89. The van der Waals surface area contributed by atoms with Crippen LogP contribution in [0.25, 0.3) is 6.08 Å². The summed E-state index contributed by atoms with van der Waals surface area (Å²) in [6.45, 7) is -0.300. The van der Waals surface area contributed by atoms with Crippen molar-refractivity contribution in [3.05, 3.63) is 32.6 Å². The standard InChI is InChI=1S/C15H14Cl2N2O4S/c1-18-15-19(2)14(21)11(24-15)6-8-4-9(16)13(10(17)5-8)23-7-12(20)22-3/h4-6H,7H2,1-3H3/b11-6+,18-15?. The quantitative estimate of drug-likeness (QED) is 0.585. The van der Waals surface area contributed by atoms with Gasteiger partial charge < -0.3 is 9.47 Å². The van der Waals surface area contributed by atoms with E-state index in [-0.39, 0.29) is 28.3 Å². The third kappa shape index (κ3) is 4.03. The summed E-state index contributed by atoms with van der Waals surface area (Å²) in [6.07, 6.45) is 1.67. The SMILES string of the molecule is CN=C1S/C(=C/c2cc(Cl)c(OCC(=O)OC)c(Cl)c2)C(=O)N1C. The van der Waals surface area contributed by atoms with E-state index in [2.05, 4.69) is 9.73 Å². The maximum Gasteiger partial charge on any atom is 0.343 e. The minimum Gasteiger partial charge on any atom is -0.479 e. The Balaban J connectivity index is 2.26. The molecule has 0 aromatic heterocycles. The molecule has 9 heteroatoms. The van der Waals surface area contributed by atoms with Crippen molar-refractivity contribution < 1.29 is 19.1 Å². The van der Waals surface area contributed by atoms with Crippen molar-refractivity contribution >= 4 is 58.1 Å². The van der Waals surface area contributed by atoms with Crippen LogP contribution in [0, 0.1) is 0 Å². The van der Waals surface area contributed by atoms with E-state index in [1.165, 1.54) is 23.8 Å². The van der Waals surface area contributed by atoms with Crippen molar-refractivity contribution in [2.75, 3.05) is 27.8 Å². The monoisotopic (exact) mass is 388 g/mol. The molecule has 24 heavy (non-hydrogen) atoms. The van der Waals surface area contributed by atoms with E-state index in [1.807, 2.05) is 0 Å². The Morgan fingerprint density at radius 2 is 2.00 bits per heavy atom. The molecule has 6 nitrogen and oxygen atoms in total. The van der Waals surface area contributed by atoms with Gasteiger partial charge in [0.25, 0.3) is 5.91 Å². The minimum atomic E-state index is -0.546. The van der Waals surface area contributed by atoms with E-state index < -0.39 is 5.97 Å². The zero-order chi connectivity index (χ0) is 17.9. The van der Waals surface area contributed by atoms with Gasteiger partial charge in [-0.05, 0) is 35.5 Å². The van der Waals surface area contributed by atoms with E-state index in [0.717, 1.165) is 0 Å². The van der Waals surface area contributed by atoms with Crippen LogP contribution in [0.2, 0.25) is 10.0 Å². The van der Waals surface area contributed by atoms with Crippen LogP contribution >= 0.6 is 35.0 Å². The molecule has 1 aromatic rings. The Kier molecular flexibility index (Phi) is 6.15. The number of carbonyl (C=O) groups excluding carboxylic acids is 2. The number of esters is 1. The van der Waals surface area contributed by atoms with Crippen LogP contribution in [0.4, 0.5) is 0 Å². The minimum absolute atomic E-state index is 0.154. The third-order valence-electron chi connectivity index (χ3n) is 3.08. The number of benzene rings is 1. The molecule has 0 radical (unpaired) electrons. The lowest BCUT2D eigenvalue weighted by molar-refractivity contribution is -0.142. The second kappa shape index (κ2) is 7.92. The first-order valence-corrected chi connectivity index (χ1v) is 8.27. The zero-order valence-electron chi connectivity index (χ0n) is 13.1. The summed E-state index contributed by atoms with van der Waals surface area (Å²) in [4.78, 5) is 29.3. The Hall–Kier alpha value is -1.70. The van der Waals surface area contributed by atoms with E-state index in [9.17, 15) is 9.59 Å². The van der Waals surface area contributed by atoms with E-state index >= 15 is 0 Å². The largest absolute Gasteiger partial charge is 0.479 e. The van der Waals surface area contributed by atoms with Gasteiger partial charge in [0, 0.05) is 14.1 Å². The first-order chi connectivity index (χ1) is 11.4. The van der Waals surface area contributed by atoms with Crippen LogP contribution in [0.5, 0.6) is 5.75 Å². The van der Waals surface area contributed by atoms with Gasteiger partial charge in [0.2, 0.25) is 0 Å². The molecule has 1 aromatic carbocycles. The summed E-state index contributed by atoms with van der Waals surface area (Å²) in [5.74, 6) is -0.515. The predicted octanol–water partition coefficient (Wildman–Crippen LogP) is 3.08. The van der Waals surface area contributed by atoms with Crippen LogP contribution in [0.3, 0.4) is 0 Å². The number of carbonyl (C=O) groups is 2. The molecular formula is C15H14Cl2N2O4S. The van der Waals surface area contributed by atoms with Crippen molar-refractivity contribution in [2.45, 2.75) is 0 Å². The number of hydrogen-bond donors (Lipinski definition) is 0. The maximum atomic E-state index is 12.1. The molecule has 0 bridgehead atoms.